The highest BCUT2D eigenvalue weighted by Gasteiger charge is 2.11. The van der Waals surface area contributed by atoms with Crippen molar-refractivity contribution < 1.29 is 19.0 Å². The van der Waals surface area contributed by atoms with Gasteiger partial charge in [-0.1, -0.05) is 11.6 Å². The summed E-state index contributed by atoms with van der Waals surface area (Å²) < 4.78 is 18.2. The smallest absolute Gasteiger partial charge is 0.337 e. The summed E-state index contributed by atoms with van der Waals surface area (Å²) in [5, 5.41) is 12.1. The van der Waals surface area contributed by atoms with Crippen molar-refractivity contribution in [3.8, 4) is 5.75 Å². The second kappa shape index (κ2) is 5.61. The molecule has 2 aromatic rings. The number of aromatic carboxylic acids is 1. The Hall–Kier alpha value is -2.56. The lowest BCUT2D eigenvalue weighted by Gasteiger charge is -2.11. The van der Waals surface area contributed by atoms with E-state index in [4.69, 9.17) is 4.74 Å². The van der Waals surface area contributed by atoms with Crippen LogP contribution in [0.2, 0.25) is 0 Å². The lowest BCUT2D eigenvalue weighted by Crippen LogP contribution is -2.03. The maximum absolute atomic E-state index is 13.3. The van der Waals surface area contributed by atoms with E-state index in [1.165, 1.54) is 25.3 Å². The predicted molar refractivity (Wildman–Crippen MR) is 74.4 cm³/mol. The number of aryl methyl sites for hydroxylation is 1. The van der Waals surface area contributed by atoms with Crippen LogP contribution in [0.25, 0.3) is 0 Å². The number of hydrogen-bond donors (Lipinski definition) is 2. The first-order valence-corrected chi connectivity index (χ1v) is 5.96. The number of anilines is 2. The highest BCUT2D eigenvalue weighted by Crippen LogP contribution is 2.26. The van der Waals surface area contributed by atoms with Gasteiger partial charge in [0.1, 0.15) is 0 Å². The van der Waals surface area contributed by atoms with Crippen molar-refractivity contribution in [1.29, 1.82) is 0 Å². The van der Waals surface area contributed by atoms with Crippen LogP contribution < -0.4 is 10.1 Å². The third kappa shape index (κ3) is 2.88. The monoisotopic (exact) mass is 275 g/mol. The molecule has 0 saturated heterocycles. The number of nitrogens with one attached hydrogen (secondary N) is 1. The third-order valence-electron chi connectivity index (χ3n) is 2.84. The van der Waals surface area contributed by atoms with Gasteiger partial charge >= 0.3 is 5.97 Å². The average molecular weight is 275 g/mol. The summed E-state index contributed by atoms with van der Waals surface area (Å²) in [5.74, 6) is -1.40. The van der Waals surface area contributed by atoms with Gasteiger partial charge in [0.15, 0.2) is 11.6 Å². The number of ether oxygens (including phenoxy) is 1. The highest BCUT2D eigenvalue weighted by molar-refractivity contribution is 5.95. The van der Waals surface area contributed by atoms with Gasteiger partial charge < -0.3 is 15.2 Å². The maximum atomic E-state index is 13.3. The zero-order chi connectivity index (χ0) is 14.7. The molecular weight excluding hydrogens is 261 g/mol. The van der Waals surface area contributed by atoms with Crippen molar-refractivity contribution >= 4 is 17.3 Å². The molecule has 0 aliphatic carbocycles. The third-order valence-corrected chi connectivity index (χ3v) is 2.84. The number of halogens is 1. The van der Waals surface area contributed by atoms with E-state index in [0.717, 1.165) is 5.56 Å². The number of carboxylic acids is 1. The van der Waals surface area contributed by atoms with Gasteiger partial charge in [-0.15, -0.1) is 0 Å². The van der Waals surface area contributed by atoms with Crippen LogP contribution in [-0.4, -0.2) is 18.2 Å². The fourth-order valence-corrected chi connectivity index (χ4v) is 1.84. The highest BCUT2D eigenvalue weighted by atomic mass is 19.1. The van der Waals surface area contributed by atoms with Crippen LogP contribution in [0.15, 0.2) is 36.4 Å². The van der Waals surface area contributed by atoms with Crippen molar-refractivity contribution in [1.82, 2.24) is 0 Å². The predicted octanol–water partition coefficient (Wildman–Crippen LogP) is 3.58. The van der Waals surface area contributed by atoms with Crippen LogP contribution in [0.4, 0.5) is 15.8 Å². The van der Waals surface area contributed by atoms with E-state index in [9.17, 15) is 14.3 Å². The number of carboxylic acid groups (broad SMARTS) is 1. The molecule has 0 radical (unpaired) electrons. The summed E-state index contributed by atoms with van der Waals surface area (Å²) in [6.45, 7) is 1.82. The summed E-state index contributed by atoms with van der Waals surface area (Å²) in [6, 6.07) is 9.30. The largest absolute Gasteiger partial charge is 0.494 e. The zero-order valence-electron chi connectivity index (χ0n) is 11.1. The van der Waals surface area contributed by atoms with E-state index in [1.54, 1.807) is 18.2 Å². The van der Waals surface area contributed by atoms with E-state index < -0.39 is 11.8 Å². The second-order valence-electron chi connectivity index (χ2n) is 4.33. The Balaban J connectivity index is 2.37. The first kappa shape index (κ1) is 13.9. The molecule has 0 bridgehead atoms. The van der Waals surface area contributed by atoms with E-state index >= 15 is 0 Å². The standard InChI is InChI=1S/C15H14FNO3/c1-9-3-6-13(11(7-9)15(18)19)17-10-4-5-12(16)14(8-10)20-2/h3-8,17H,1-2H3,(H,18,19). The number of benzene rings is 2. The normalized spacial score (nSPS) is 10.2. The van der Waals surface area contributed by atoms with Crippen molar-refractivity contribution in [3.63, 3.8) is 0 Å². The molecule has 0 aliphatic heterocycles. The number of methoxy groups -OCH3 is 1. The van der Waals surface area contributed by atoms with Crippen molar-refractivity contribution in [3.05, 3.63) is 53.3 Å². The van der Waals surface area contributed by atoms with Gasteiger partial charge in [0.25, 0.3) is 0 Å². The van der Waals surface area contributed by atoms with Crippen molar-refractivity contribution in [2.75, 3.05) is 12.4 Å². The van der Waals surface area contributed by atoms with Gasteiger partial charge in [0.2, 0.25) is 0 Å². The minimum atomic E-state index is -1.02. The lowest BCUT2D eigenvalue weighted by atomic mass is 10.1. The minimum Gasteiger partial charge on any atom is -0.494 e. The van der Waals surface area contributed by atoms with Gasteiger partial charge in [-0.25, -0.2) is 9.18 Å². The Kier molecular flexibility index (Phi) is 3.89. The Morgan fingerprint density at radius 2 is 2.00 bits per heavy atom. The van der Waals surface area contributed by atoms with Gasteiger partial charge in [0, 0.05) is 11.8 Å². The van der Waals surface area contributed by atoms with E-state index in [-0.39, 0.29) is 11.3 Å². The lowest BCUT2D eigenvalue weighted by molar-refractivity contribution is 0.0698. The van der Waals surface area contributed by atoms with Crippen LogP contribution >= 0.6 is 0 Å². The molecule has 0 aliphatic rings. The van der Waals surface area contributed by atoms with Gasteiger partial charge in [-0.2, -0.15) is 0 Å². The van der Waals surface area contributed by atoms with Gasteiger partial charge in [-0.05, 0) is 31.2 Å². The topological polar surface area (TPSA) is 58.6 Å². The SMILES string of the molecule is COc1cc(Nc2ccc(C)cc2C(=O)O)ccc1F. The fourth-order valence-electron chi connectivity index (χ4n) is 1.84. The minimum absolute atomic E-state index is 0.0963. The first-order valence-electron chi connectivity index (χ1n) is 5.96. The summed E-state index contributed by atoms with van der Waals surface area (Å²) in [7, 11) is 1.37. The van der Waals surface area contributed by atoms with Crippen LogP contribution in [0.5, 0.6) is 5.75 Å². The van der Waals surface area contributed by atoms with E-state index in [1.807, 2.05) is 6.92 Å². The van der Waals surface area contributed by atoms with Crippen LogP contribution in [0.1, 0.15) is 15.9 Å². The van der Waals surface area contributed by atoms with Gasteiger partial charge in [0.05, 0.1) is 18.4 Å². The molecule has 5 heteroatoms. The number of carbonyl (C=O) groups is 1. The summed E-state index contributed by atoms with van der Waals surface area (Å²) in [6.07, 6.45) is 0. The van der Waals surface area contributed by atoms with Crippen LogP contribution in [0, 0.1) is 12.7 Å². The Morgan fingerprint density at radius 1 is 1.25 bits per heavy atom. The molecule has 0 spiro atoms. The molecule has 0 atom stereocenters. The first-order chi connectivity index (χ1) is 9.51. The maximum Gasteiger partial charge on any atom is 0.337 e. The number of hydrogen-bond acceptors (Lipinski definition) is 3. The van der Waals surface area contributed by atoms with E-state index in [2.05, 4.69) is 5.32 Å². The molecule has 4 nitrogen and oxygen atoms in total. The van der Waals surface area contributed by atoms with Crippen LogP contribution in [-0.2, 0) is 0 Å². The average Bonchev–Trinajstić information content (AvgIpc) is 2.42. The molecule has 0 saturated carbocycles. The zero-order valence-corrected chi connectivity index (χ0v) is 11.1. The Labute approximate surface area is 115 Å². The van der Waals surface area contributed by atoms with Crippen molar-refractivity contribution in [2.45, 2.75) is 6.92 Å². The Morgan fingerprint density at radius 3 is 2.65 bits per heavy atom. The second-order valence-corrected chi connectivity index (χ2v) is 4.33. The Bertz CT molecular complexity index is 656. The molecule has 0 amide bonds. The van der Waals surface area contributed by atoms with Crippen LogP contribution in [0.3, 0.4) is 0 Å². The van der Waals surface area contributed by atoms with Gasteiger partial charge in [-0.3, -0.25) is 0 Å². The molecule has 0 aromatic heterocycles. The fraction of sp³-hybridized carbons (Fsp3) is 0.133. The quantitative estimate of drug-likeness (QED) is 0.895. The summed E-state index contributed by atoms with van der Waals surface area (Å²) in [5.41, 5.74) is 2.00. The molecule has 0 heterocycles. The molecule has 104 valence electrons. The molecular formula is C15H14FNO3. The van der Waals surface area contributed by atoms with E-state index in [0.29, 0.717) is 11.4 Å². The summed E-state index contributed by atoms with van der Waals surface area (Å²) >= 11 is 0. The molecule has 2 N–H and O–H groups in total. The number of rotatable bonds is 4. The molecule has 20 heavy (non-hydrogen) atoms. The molecule has 0 fully saturated rings. The van der Waals surface area contributed by atoms with Crippen molar-refractivity contribution in [2.24, 2.45) is 0 Å². The molecule has 0 unspecified atom stereocenters. The summed E-state index contributed by atoms with van der Waals surface area (Å²) in [4.78, 5) is 11.2. The molecule has 2 aromatic carbocycles. The molecule has 2 rings (SSSR count).